The lowest BCUT2D eigenvalue weighted by Crippen LogP contribution is -2.17. The molecule has 0 atom stereocenters. The van der Waals surface area contributed by atoms with Crippen LogP contribution in [-0.2, 0) is 0 Å². The molecule has 0 heterocycles. The van der Waals surface area contributed by atoms with Crippen molar-refractivity contribution in [2.75, 3.05) is 0 Å². The summed E-state index contributed by atoms with van der Waals surface area (Å²) in [6.45, 7) is 3.78. The first-order chi connectivity index (χ1) is 11.0. The number of hydrazone groups is 1. The molecule has 0 radical (unpaired) electrons. The fourth-order valence-corrected chi connectivity index (χ4v) is 2.41. The molecule has 0 bridgehead atoms. The number of hydrogen-bond donors (Lipinski definition) is 1. The molecule has 0 unspecified atom stereocenters. The highest BCUT2D eigenvalue weighted by Gasteiger charge is 2.10. The highest BCUT2D eigenvalue weighted by atomic mass is 35.5. The highest BCUT2D eigenvalue weighted by molar-refractivity contribution is 6.37. The maximum Gasteiger partial charge on any atom is 0.271 e. The number of hydrogen-bond acceptors (Lipinski definition) is 3. The number of benzene rings is 2. The number of nitrogens with one attached hydrogen (secondary N) is 1. The van der Waals surface area contributed by atoms with Crippen molar-refractivity contribution in [3.05, 3.63) is 63.6 Å². The maximum absolute atomic E-state index is 11.8. The molecule has 1 N–H and O–H groups in total. The molecular formula is C17H16Cl2N2O2. The number of rotatable bonds is 5. The Balaban J connectivity index is 2.07. The molecule has 0 spiro atoms. The molecular weight excluding hydrogens is 335 g/mol. The average Bonchev–Trinajstić information content (AvgIpc) is 2.51. The summed E-state index contributed by atoms with van der Waals surface area (Å²) in [7, 11) is 0. The Labute approximate surface area is 145 Å². The Morgan fingerprint density at radius 1 is 1.17 bits per heavy atom. The predicted octanol–water partition coefficient (Wildman–Crippen LogP) is 4.54. The molecule has 2 aromatic carbocycles. The lowest BCUT2D eigenvalue weighted by molar-refractivity contribution is 0.0955. The predicted molar refractivity (Wildman–Crippen MR) is 93.7 cm³/mol. The van der Waals surface area contributed by atoms with Gasteiger partial charge in [0.25, 0.3) is 5.91 Å². The minimum absolute atomic E-state index is 0.0327. The molecule has 0 saturated carbocycles. The largest absolute Gasteiger partial charge is 0.488 e. The number of amides is 1. The van der Waals surface area contributed by atoms with Crippen LogP contribution in [0.5, 0.6) is 5.75 Å². The van der Waals surface area contributed by atoms with Gasteiger partial charge in [-0.25, -0.2) is 5.43 Å². The topological polar surface area (TPSA) is 50.7 Å². The molecule has 2 rings (SSSR count). The maximum atomic E-state index is 11.8. The van der Waals surface area contributed by atoms with Crippen molar-refractivity contribution >= 4 is 35.3 Å². The van der Waals surface area contributed by atoms with Gasteiger partial charge in [-0.3, -0.25) is 4.79 Å². The zero-order valence-electron chi connectivity index (χ0n) is 12.7. The van der Waals surface area contributed by atoms with E-state index in [2.05, 4.69) is 10.5 Å². The van der Waals surface area contributed by atoms with Crippen molar-refractivity contribution in [2.45, 2.75) is 20.0 Å². The van der Waals surface area contributed by atoms with Gasteiger partial charge in [-0.2, -0.15) is 5.10 Å². The average molecular weight is 351 g/mol. The van der Waals surface area contributed by atoms with Crippen LogP contribution in [0.4, 0.5) is 0 Å². The second-order valence-electron chi connectivity index (χ2n) is 5.05. The third kappa shape index (κ3) is 4.98. The number of halogens is 2. The smallest absolute Gasteiger partial charge is 0.271 e. The molecule has 6 heteroatoms. The Morgan fingerprint density at radius 2 is 1.78 bits per heavy atom. The normalized spacial score (nSPS) is 11.0. The summed E-state index contributed by atoms with van der Waals surface area (Å²) in [5, 5.41) is 4.69. The van der Waals surface area contributed by atoms with E-state index in [9.17, 15) is 4.79 Å². The van der Waals surface area contributed by atoms with Crippen LogP contribution in [0.25, 0.3) is 0 Å². The SMILES string of the molecule is CC(C)Oc1c(Cl)cc(/C=N/NC(=O)c2ccccc2)cc1Cl. The van der Waals surface area contributed by atoms with Crippen LogP contribution >= 0.6 is 23.2 Å². The van der Waals surface area contributed by atoms with Crippen LogP contribution in [-0.4, -0.2) is 18.2 Å². The summed E-state index contributed by atoms with van der Waals surface area (Å²) in [5.74, 6) is 0.146. The van der Waals surface area contributed by atoms with Crippen LogP contribution in [0.2, 0.25) is 10.0 Å². The number of nitrogens with zero attached hydrogens (tertiary/aromatic N) is 1. The van der Waals surface area contributed by atoms with Crippen molar-refractivity contribution in [2.24, 2.45) is 5.10 Å². The van der Waals surface area contributed by atoms with E-state index >= 15 is 0 Å². The lowest BCUT2D eigenvalue weighted by atomic mass is 10.2. The van der Waals surface area contributed by atoms with Gasteiger partial charge in [0.1, 0.15) is 0 Å². The van der Waals surface area contributed by atoms with E-state index in [1.165, 1.54) is 6.21 Å². The fraction of sp³-hybridized carbons (Fsp3) is 0.176. The zero-order chi connectivity index (χ0) is 16.8. The highest BCUT2D eigenvalue weighted by Crippen LogP contribution is 2.34. The first kappa shape index (κ1) is 17.3. The zero-order valence-corrected chi connectivity index (χ0v) is 14.2. The Kier molecular flexibility index (Phi) is 6.02. The van der Waals surface area contributed by atoms with Gasteiger partial charge in [0.05, 0.1) is 22.4 Å². The van der Waals surface area contributed by atoms with Gasteiger partial charge in [-0.05, 0) is 43.7 Å². The van der Waals surface area contributed by atoms with Gasteiger partial charge < -0.3 is 4.74 Å². The monoisotopic (exact) mass is 350 g/mol. The van der Waals surface area contributed by atoms with E-state index in [0.717, 1.165) is 0 Å². The van der Waals surface area contributed by atoms with Gasteiger partial charge in [-0.1, -0.05) is 41.4 Å². The third-order valence-electron chi connectivity index (χ3n) is 2.79. The molecule has 1 amide bonds. The van der Waals surface area contributed by atoms with E-state index < -0.39 is 0 Å². The van der Waals surface area contributed by atoms with Crippen molar-refractivity contribution in [3.8, 4) is 5.75 Å². The minimum Gasteiger partial charge on any atom is -0.488 e. The van der Waals surface area contributed by atoms with Crippen LogP contribution < -0.4 is 10.2 Å². The van der Waals surface area contributed by atoms with Gasteiger partial charge >= 0.3 is 0 Å². The number of carbonyl (C=O) groups is 1. The Bertz CT molecular complexity index is 693. The first-order valence-electron chi connectivity index (χ1n) is 7.01. The first-order valence-corrected chi connectivity index (χ1v) is 7.77. The minimum atomic E-state index is -0.293. The molecule has 2 aromatic rings. The van der Waals surface area contributed by atoms with E-state index in [0.29, 0.717) is 26.9 Å². The third-order valence-corrected chi connectivity index (χ3v) is 3.35. The molecule has 23 heavy (non-hydrogen) atoms. The molecule has 0 fully saturated rings. The summed E-state index contributed by atoms with van der Waals surface area (Å²) in [6.07, 6.45) is 1.44. The Hall–Kier alpha value is -2.04. The molecule has 0 aromatic heterocycles. The van der Waals surface area contributed by atoms with Gasteiger partial charge in [0, 0.05) is 5.56 Å². The van der Waals surface area contributed by atoms with E-state index in [1.807, 2.05) is 19.9 Å². The van der Waals surface area contributed by atoms with Crippen LogP contribution in [0, 0.1) is 0 Å². The summed E-state index contributed by atoms with van der Waals surface area (Å²) < 4.78 is 5.55. The van der Waals surface area contributed by atoms with Crippen molar-refractivity contribution in [1.29, 1.82) is 0 Å². The van der Waals surface area contributed by atoms with Gasteiger partial charge in [-0.15, -0.1) is 0 Å². The van der Waals surface area contributed by atoms with Crippen molar-refractivity contribution in [3.63, 3.8) is 0 Å². The summed E-state index contributed by atoms with van der Waals surface area (Å²) in [6, 6.07) is 12.2. The summed E-state index contributed by atoms with van der Waals surface area (Å²) in [5.41, 5.74) is 3.63. The number of ether oxygens (including phenoxy) is 1. The van der Waals surface area contributed by atoms with Crippen LogP contribution in [0.1, 0.15) is 29.8 Å². The quantitative estimate of drug-likeness (QED) is 0.635. The standard InChI is InChI=1S/C17H16Cl2N2O2/c1-11(2)23-16-14(18)8-12(9-15(16)19)10-20-21-17(22)13-6-4-3-5-7-13/h3-11H,1-2H3,(H,21,22)/b20-10+. The van der Waals surface area contributed by atoms with E-state index in [1.54, 1.807) is 36.4 Å². The molecule has 0 aliphatic carbocycles. The van der Waals surface area contributed by atoms with Crippen molar-refractivity contribution < 1.29 is 9.53 Å². The summed E-state index contributed by atoms with van der Waals surface area (Å²) in [4.78, 5) is 11.8. The second kappa shape index (κ2) is 7.99. The van der Waals surface area contributed by atoms with Gasteiger partial charge in [0.2, 0.25) is 0 Å². The summed E-state index contributed by atoms with van der Waals surface area (Å²) >= 11 is 12.3. The number of carbonyl (C=O) groups excluding carboxylic acids is 1. The molecule has 4 nitrogen and oxygen atoms in total. The van der Waals surface area contributed by atoms with E-state index in [-0.39, 0.29) is 12.0 Å². The van der Waals surface area contributed by atoms with Crippen molar-refractivity contribution in [1.82, 2.24) is 5.43 Å². The van der Waals surface area contributed by atoms with Crippen LogP contribution in [0.15, 0.2) is 47.6 Å². The lowest BCUT2D eigenvalue weighted by Gasteiger charge is -2.13. The molecule has 0 aliphatic rings. The fourth-order valence-electron chi connectivity index (χ4n) is 1.82. The van der Waals surface area contributed by atoms with Crippen LogP contribution in [0.3, 0.4) is 0 Å². The molecule has 120 valence electrons. The molecule has 0 saturated heterocycles. The Morgan fingerprint density at radius 3 is 2.35 bits per heavy atom. The van der Waals surface area contributed by atoms with Gasteiger partial charge in [0.15, 0.2) is 5.75 Å². The van der Waals surface area contributed by atoms with E-state index in [4.69, 9.17) is 27.9 Å². The molecule has 0 aliphatic heterocycles. The second-order valence-corrected chi connectivity index (χ2v) is 5.86.